The number of ether oxygens (including phenoxy) is 10. The van der Waals surface area contributed by atoms with E-state index in [1.807, 2.05) is 6.07 Å². The minimum atomic E-state index is -1.04. The average Bonchev–Trinajstić information content (AvgIpc) is 3.71. The van der Waals surface area contributed by atoms with Gasteiger partial charge in [0, 0.05) is 37.2 Å². The van der Waals surface area contributed by atoms with Crippen LogP contribution < -0.4 is 42.8 Å². The van der Waals surface area contributed by atoms with Crippen molar-refractivity contribution in [3.8, 4) is 46.0 Å². The molecule has 0 N–H and O–H groups in total. The van der Waals surface area contributed by atoms with Gasteiger partial charge in [0.05, 0.1) is 75.6 Å². The van der Waals surface area contributed by atoms with E-state index in [0.717, 1.165) is 11.1 Å². The smallest absolute Gasteiger partial charge is 0.328 e. The minimum absolute atomic E-state index is 0.0462. The lowest BCUT2D eigenvalue weighted by Gasteiger charge is -2.37. The molecule has 4 unspecified atom stereocenters. The molecule has 0 fully saturated rings. The summed E-state index contributed by atoms with van der Waals surface area (Å²) < 4.78 is 56.2. The zero-order chi connectivity index (χ0) is 45.1. The number of esters is 2. The van der Waals surface area contributed by atoms with Crippen molar-refractivity contribution in [1.82, 2.24) is 4.90 Å². The summed E-state index contributed by atoms with van der Waals surface area (Å²) in [6, 6.07) is 14.8. The fourth-order valence-corrected chi connectivity index (χ4v) is 8.60. The van der Waals surface area contributed by atoms with E-state index in [1.54, 1.807) is 54.6 Å². The second-order valence-corrected chi connectivity index (χ2v) is 15.0. The first-order valence-electron chi connectivity index (χ1n) is 20.0. The average molecular weight is 867 g/mol. The van der Waals surface area contributed by atoms with E-state index in [4.69, 9.17) is 47.4 Å². The Morgan fingerprint density at radius 3 is 1.83 bits per heavy atom. The van der Waals surface area contributed by atoms with Crippen LogP contribution in [-0.4, -0.2) is 105 Å². The van der Waals surface area contributed by atoms with E-state index in [1.165, 1.54) is 79.9 Å². The zero-order valence-corrected chi connectivity index (χ0v) is 36.6. The van der Waals surface area contributed by atoms with Crippen molar-refractivity contribution in [3.63, 3.8) is 0 Å². The number of carbonyl (C=O) groups excluding carboxylic acids is 4. The van der Waals surface area contributed by atoms with Crippen LogP contribution in [0.4, 0.5) is 5.69 Å². The van der Waals surface area contributed by atoms with Crippen molar-refractivity contribution in [1.29, 1.82) is 0 Å². The second-order valence-electron chi connectivity index (χ2n) is 15.0. The van der Waals surface area contributed by atoms with Gasteiger partial charge in [-0.15, -0.1) is 0 Å². The third-order valence-corrected chi connectivity index (χ3v) is 11.8. The van der Waals surface area contributed by atoms with E-state index in [0.29, 0.717) is 80.4 Å². The first-order valence-corrected chi connectivity index (χ1v) is 20.0. The highest BCUT2D eigenvalue weighted by Gasteiger charge is 2.48. The van der Waals surface area contributed by atoms with Crippen molar-refractivity contribution in [2.75, 3.05) is 75.4 Å². The number of methoxy groups -OCH3 is 9. The summed E-state index contributed by atoms with van der Waals surface area (Å²) in [7, 11) is 13.2. The number of fused-ring (bicyclic) bond motifs is 3. The zero-order valence-electron chi connectivity index (χ0n) is 36.6. The van der Waals surface area contributed by atoms with Gasteiger partial charge >= 0.3 is 11.9 Å². The third-order valence-electron chi connectivity index (χ3n) is 11.8. The molecule has 2 amide bonds. The lowest BCUT2D eigenvalue weighted by Crippen LogP contribution is -2.51. The number of benzene rings is 4. The maximum atomic E-state index is 15.4. The summed E-state index contributed by atoms with van der Waals surface area (Å²) >= 11 is 0. The summed E-state index contributed by atoms with van der Waals surface area (Å²) in [4.78, 5) is 59.0. The SMILES string of the molecule is COC(=O)C1Cc2cc(OC)c(OC)cc2N(C(=O)/C=C/c2cc(OC)c3c(c2)C(C(=O)N2Cc4cc(OC)c(OC)cc4CC2C(=O)OC)C(c2ccc(OC)c(OC)c2)O3)C1. The van der Waals surface area contributed by atoms with E-state index < -0.39 is 47.7 Å². The predicted molar refractivity (Wildman–Crippen MR) is 228 cm³/mol. The molecule has 3 aliphatic heterocycles. The molecule has 0 bridgehead atoms. The van der Waals surface area contributed by atoms with Crippen LogP contribution in [0, 0.1) is 5.92 Å². The molecule has 3 heterocycles. The topological polar surface area (TPSA) is 167 Å². The molecule has 0 saturated heterocycles. The number of hydrogen-bond donors (Lipinski definition) is 0. The van der Waals surface area contributed by atoms with Gasteiger partial charge in [-0.1, -0.05) is 6.07 Å². The van der Waals surface area contributed by atoms with Gasteiger partial charge in [0.2, 0.25) is 5.91 Å². The van der Waals surface area contributed by atoms with Gasteiger partial charge in [-0.05, 0) is 82.8 Å². The van der Waals surface area contributed by atoms with Crippen LogP contribution in [0.5, 0.6) is 46.0 Å². The van der Waals surface area contributed by atoms with E-state index in [9.17, 15) is 14.4 Å². The Morgan fingerprint density at radius 1 is 0.619 bits per heavy atom. The molecule has 3 aliphatic rings. The molecule has 0 saturated carbocycles. The first kappa shape index (κ1) is 44.0. The summed E-state index contributed by atoms with van der Waals surface area (Å²) in [6.45, 7) is 0.104. The monoisotopic (exact) mass is 866 g/mol. The molecule has 0 radical (unpaired) electrons. The van der Waals surface area contributed by atoms with E-state index >= 15 is 4.79 Å². The fourth-order valence-electron chi connectivity index (χ4n) is 8.60. The number of anilines is 1. The molecule has 4 aromatic rings. The van der Waals surface area contributed by atoms with Crippen molar-refractivity contribution in [2.45, 2.75) is 37.5 Å². The molecular weight excluding hydrogens is 817 g/mol. The third kappa shape index (κ3) is 8.20. The summed E-state index contributed by atoms with van der Waals surface area (Å²) in [5.74, 6) is -0.223. The summed E-state index contributed by atoms with van der Waals surface area (Å²) in [6.07, 6.45) is 2.54. The van der Waals surface area contributed by atoms with Gasteiger partial charge in [0.25, 0.3) is 5.91 Å². The maximum absolute atomic E-state index is 15.4. The van der Waals surface area contributed by atoms with Crippen LogP contribution in [0.2, 0.25) is 0 Å². The Labute approximate surface area is 365 Å². The lowest BCUT2D eigenvalue weighted by atomic mass is 9.86. The molecule has 0 spiro atoms. The van der Waals surface area contributed by atoms with Crippen LogP contribution in [0.1, 0.15) is 45.4 Å². The van der Waals surface area contributed by atoms with E-state index in [2.05, 4.69) is 0 Å². The van der Waals surface area contributed by atoms with Crippen molar-refractivity contribution >= 4 is 35.5 Å². The number of nitrogens with zero attached hydrogens (tertiary/aromatic N) is 2. The number of carbonyl (C=O) groups is 4. The van der Waals surface area contributed by atoms with Gasteiger partial charge < -0.3 is 57.2 Å². The number of hydrogen-bond acceptors (Lipinski definition) is 14. The van der Waals surface area contributed by atoms with Gasteiger partial charge in [0.1, 0.15) is 18.1 Å². The molecule has 332 valence electrons. The minimum Gasteiger partial charge on any atom is -0.493 e. The molecule has 4 atom stereocenters. The van der Waals surface area contributed by atoms with Crippen LogP contribution in [-0.2, 0) is 48.0 Å². The van der Waals surface area contributed by atoms with Gasteiger partial charge in [-0.25, -0.2) is 4.79 Å². The summed E-state index contributed by atoms with van der Waals surface area (Å²) in [5.41, 5.74) is 4.39. The van der Waals surface area contributed by atoms with Gasteiger partial charge in [-0.3, -0.25) is 14.4 Å². The Bertz CT molecular complexity index is 2460. The molecule has 0 aliphatic carbocycles. The first-order chi connectivity index (χ1) is 30.4. The Hall–Kier alpha value is -7.10. The van der Waals surface area contributed by atoms with Crippen LogP contribution in [0.15, 0.2) is 60.7 Å². The predicted octanol–water partition coefficient (Wildman–Crippen LogP) is 5.48. The molecule has 4 aromatic carbocycles. The second kappa shape index (κ2) is 18.5. The molecule has 7 rings (SSSR count). The maximum Gasteiger partial charge on any atom is 0.328 e. The Balaban J connectivity index is 1.32. The van der Waals surface area contributed by atoms with Crippen LogP contribution in [0.25, 0.3) is 6.08 Å². The molecule has 16 nitrogen and oxygen atoms in total. The highest BCUT2D eigenvalue weighted by molar-refractivity contribution is 6.05. The Morgan fingerprint density at radius 2 is 1.21 bits per heavy atom. The fraction of sp³-hybridized carbons (Fsp3) is 0.362. The Kier molecular flexibility index (Phi) is 12.9. The number of rotatable bonds is 13. The lowest BCUT2D eigenvalue weighted by molar-refractivity contribution is -0.155. The van der Waals surface area contributed by atoms with Crippen molar-refractivity contribution < 1.29 is 66.5 Å². The molecule has 0 aromatic heterocycles. The van der Waals surface area contributed by atoms with Gasteiger partial charge in [0.15, 0.2) is 46.0 Å². The highest BCUT2D eigenvalue weighted by Crippen LogP contribution is 2.53. The van der Waals surface area contributed by atoms with Crippen molar-refractivity contribution in [2.24, 2.45) is 5.92 Å². The standard InChI is InChI=1S/C47H50N2O14/c1-54-34-12-11-26(18-35(34)55-2)43-42(45(51)49-23-29-21-38(58-5)36(56-3)19-27(29)17-33(49)47(53)62-9)31-14-25(15-40(60-7)44(31)63-43)10-13-41(50)48-24-30(46(52)61-8)16-28-20-37(57-4)39(59-6)22-32(28)48/h10-15,18-22,30,33,42-43H,16-17,23-24H2,1-9H3/b13-10+. The quantitative estimate of drug-likeness (QED) is 0.122. The van der Waals surface area contributed by atoms with Crippen LogP contribution >= 0.6 is 0 Å². The van der Waals surface area contributed by atoms with Crippen molar-refractivity contribution in [3.05, 3.63) is 94.1 Å². The van der Waals surface area contributed by atoms with E-state index in [-0.39, 0.29) is 19.5 Å². The highest BCUT2D eigenvalue weighted by atomic mass is 16.5. The number of amides is 2. The normalized spacial score (nSPS) is 18.6. The largest absolute Gasteiger partial charge is 0.493 e. The van der Waals surface area contributed by atoms with Crippen LogP contribution in [0.3, 0.4) is 0 Å². The molecule has 16 heteroatoms. The summed E-state index contributed by atoms with van der Waals surface area (Å²) in [5, 5.41) is 0. The molecule has 63 heavy (non-hydrogen) atoms. The molecular formula is C47H50N2O14. The van der Waals surface area contributed by atoms with Gasteiger partial charge in [-0.2, -0.15) is 0 Å².